The average molecular weight is 356 g/mol. The summed E-state index contributed by atoms with van der Waals surface area (Å²) >= 11 is 0. The Morgan fingerprint density at radius 2 is 1.85 bits per heavy atom. The second-order valence-corrected chi connectivity index (χ2v) is 6.23. The molecule has 1 aromatic carbocycles. The van der Waals surface area contributed by atoms with E-state index in [0.29, 0.717) is 12.8 Å². The van der Waals surface area contributed by atoms with E-state index in [0.717, 1.165) is 21.0 Å². The number of carboxylic acids is 1. The number of nitrogens with two attached hydrogens (primary N) is 1. The van der Waals surface area contributed by atoms with Gasteiger partial charge in [-0.05, 0) is 24.5 Å². The molecule has 0 radical (unpaired) electrons. The molecule has 3 rings (SSSR count). The van der Waals surface area contributed by atoms with Crippen LogP contribution in [0.15, 0.2) is 40.1 Å². The highest BCUT2D eigenvalue weighted by atomic mass is 16.4. The number of aliphatic carboxylic acids is 1. The normalized spacial score (nSPS) is 11.2. The molecule has 8 heteroatoms. The van der Waals surface area contributed by atoms with Crippen molar-refractivity contribution >= 4 is 22.7 Å². The molecule has 8 nitrogen and oxygen atoms in total. The molecule has 0 unspecified atom stereocenters. The fourth-order valence-electron chi connectivity index (χ4n) is 3.13. The Labute approximate surface area is 148 Å². The highest BCUT2D eigenvalue weighted by molar-refractivity contribution is 5.86. The first kappa shape index (κ1) is 17.5. The molecule has 3 N–H and O–H groups in total. The van der Waals surface area contributed by atoms with Gasteiger partial charge in [0.1, 0.15) is 5.82 Å². The molecule has 0 saturated carbocycles. The largest absolute Gasteiger partial charge is 0.481 e. The van der Waals surface area contributed by atoms with Crippen molar-refractivity contribution in [2.45, 2.75) is 19.3 Å². The summed E-state index contributed by atoms with van der Waals surface area (Å²) < 4.78 is 3.93. The van der Waals surface area contributed by atoms with Crippen LogP contribution in [0.1, 0.15) is 18.4 Å². The summed E-state index contributed by atoms with van der Waals surface area (Å²) in [7, 11) is 2.92. The molecule has 0 aliphatic heterocycles. The van der Waals surface area contributed by atoms with Crippen LogP contribution in [0.25, 0.3) is 16.6 Å². The fourth-order valence-corrected chi connectivity index (χ4v) is 3.13. The van der Waals surface area contributed by atoms with E-state index in [1.165, 1.54) is 18.7 Å². The highest BCUT2D eigenvalue weighted by Crippen LogP contribution is 2.26. The Balaban J connectivity index is 2.23. The van der Waals surface area contributed by atoms with Crippen LogP contribution in [-0.4, -0.2) is 24.8 Å². The first-order valence-corrected chi connectivity index (χ1v) is 8.19. The number of para-hydroxylation sites is 1. The van der Waals surface area contributed by atoms with Gasteiger partial charge in [-0.2, -0.15) is 0 Å². The zero-order valence-electron chi connectivity index (χ0n) is 14.6. The smallest absolute Gasteiger partial charge is 0.332 e. The first-order chi connectivity index (χ1) is 12.3. The Bertz CT molecular complexity index is 1120. The van der Waals surface area contributed by atoms with Crippen LogP contribution in [0.5, 0.6) is 0 Å². The van der Waals surface area contributed by atoms with Gasteiger partial charge < -0.3 is 15.4 Å². The van der Waals surface area contributed by atoms with Gasteiger partial charge in [0.25, 0.3) is 5.56 Å². The number of carboxylic acid groups (broad SMARTS) is 1. The van der Waals surface area contributed by atoms with Gasteiger partial charge >= 0.3 is 11.7 Å². The lowest BCUT2D eigenvalue weighted by atomic mass is 10.1. The van der Waals surface area contributed by atoms with Gasteiger partial charge in [0.2, 0.25) is 0 Å². The number of anilines is 1. The molecule has 0 aliphatic rings. The number of hydrogen-bond donors (Lipinski definition) is 2. The second kappa shape index (κ2) is 6.55. The number of carbonyl (C=O) groups is 1. The summed E-state index contributed by atoms with van der Waals surface area (Å²) in [5, 5.41) is 9.77. The third-order valence-electron chi connectivity index (χ3n) is 4.56. The summed E-state index contributed by atoms with van der Waals surface area (Å²) in [6, 6.07) is 7.52. The lowest BCUT2D eigenvalue weighted by Crippen LogP contribution is -2.40. The Kier molecular flexibility index (Phi) is 4.41. The van der Waals surface area contributed by atoms with Crippen LogP contribution in [0.2, 0.25) is 0 Å². The van der Waals surface area contributed by atoms with E-state index in [9.17, 15) is 14.4 Å². The van der Waals surface area contributed by atoms with Crippen LogP contribution < -0.4 is 17.0 Å². The standard InChI is InChI=1S/C18H20N4O4/c1-20-16(19)15(17(25)21(2)18(20)26)22-10-11(6-5-9-14(23)24)12-7-3-4-8-13(12)22/h3-4,7-8,10H,5-6,9,19H2,1-2H3,(H,23,24). The topological polar surface area (TPSA) is 112 Å². The molecular formula is C18H20N4O4. The molecule has 0 fully saturated rings. The van der Waals surface area contributed by atoms with Gasteiger partial charge in [-0.25, -0.2) is 4.79 Å². The van der Waals surface area contributed by atoms with Crippen molar-refractivity contribution in [1.82, 2.24) is 13.7 Å². The van der Waals surface area contributed by atoms with Crippen molar-refractivity contribution in [3.63, 3.8) is 0 Å². The Morgan fingerprint density at radius 3 is 2.54 bits per heavy atom. The van der Waals surface area contributed by atoms with Gasteiger partial charge in [-0.15, -0.1) is 0 Å². The maximum absolute atomic E-state index is 12.7. The number of aromatic nitrogens is 3. The summed E-state index contributed by atoms with van der Waals surface area (Å²) in [4.78, 5) is 35.5. The van der Waals surface area contributed by atoms with Crippen LogP contribution in [-0.2, 0) is 25.3 Å². The van der Waals surface area contributed by atoms with E-state index in [-0.39, 0.29) is 17.9 Å². The number of fused-ring (bicyclic) bond motifs is 1. The Hall–Kier alpha value is -3.29. The van der Waals surface area contributed by atoms with Gasteiger partial charge in [0.15, 0.2) is 5.69 Å². The molecule has 0 saturated heterocycles. The summed E-state index contributed by atoms with van der Waals surface area (Å²) in [5.74, 6) is -0.763. The number of hydrogen-bond acceptors (Lipinski definition) is 4. The van der Waals surface area contributed by atoms with Gasteiger partial charge in [0.05, 0.1) is 5.52 Å². The highest BCUT2D eigenvalue weighted by Gasteiger charge is 2.18. The van der Waals surface area contributed by atoms with Crippen molar-refractivity contribution in [3.8, 4) is 5.69 Å². The maximum atomic E-state index is 12.7. The van der Waals surface area contributed by atoms with Crippen molar-refractivity contribution in [2.24, 2.45) is 14.1 Å². The zero-order valence-corrected chi connectivity index (χ0v) is 14.6. The van der Waals surface area contributed by atoms with Crippen LogP contribution in [0.3, 0.4) is 0 Å². The molecule has 0 atom stereocenters. The number of aryl methyl sites for hydroxylation is 1. The lowest BCUT2D eigenvalue weighted by Gasteiger charge is -2.13. The molecule has 0 bridgehead atoms. The number of rotatable bonds is 5. The number of nitrogen functional groups attached to an aromatic ring is 1. The van der Waals surface area contributed by atoms with E-state index >= 15 is 0 Å². The SMILES string of the molecule is Cn1c(N)c(-n2cc(CCCC(=O)O)c3ccccc32)c(=O)n(C)c1=O. The zero-order chi connectivity index (χ0) is 19.0. The number of benzene rings is 1. The van der Waals surface area contributed by atoms with Gasteiger partial charge in [0, 0.05) is 32.1 Å². The predicted octanol–water partition coefficient (Wildman–Crippen LogP) is 1.02. The van der Waals surface area contributed by atoms with Crippen LogP contribution in [0, 0.1) is 0 Å². The molecule has 26 heavy (non-hydrogen) atoms. The quantitative estimate of drug-likeness (QED) is 0.709. The third-order valence-corrected chi connectivity index (χ3v) is 4.56. The monoisotopic (exact) mass is 356 g/mol. The van der Waals surface area contributed by atoms with E-state index in [1.54, 1.807) is 10.8 Å². The molecule has 3 aromatic rings. The summed E-state index contributed by atoms with van der Waals surface area (Å²) in [6.07, 6.45) is 2.92. The molecule has 0 spiro atoms. The molecular weight excluding hydrogens is 336 g/mol. The maximum Gasteiger partial charge on any atom is 0.332 e. The Morgan fingerprint density at radius 1 is 1.15 bits per heavy atom. The first-order valence-electron chi connectivity index (χ1n) is 8.19. The fraction of sp³-hybridized carbons (Fsp3) is 0.278. The van der Waals surface area contributed by atoms with Crippen LogP contribution >= 0.6 is 0 Å². The number of nitrogens with zero attached hydrogens (tertiary/aromatic N) is 3. The van der Waals surface area contributed by atoms with Gasteiger partial charge in [-0.3, -0.25) is 18.7 Å². The molecule has 0 aliphatic carbocycles. The van der Waals surface area contributed by atoms with E-state index in [1.807, 2.05) is 24.3 Å². The van der Waals surface area contributed by atoms with Crippen LogP contribution in [0.4, 0.5) is 5.82 Å². The average Bonchev–Trinajstić information content (AvgIpc) is 2.97. The second-order valence-electron chi connectivity index (χ2n) is 6.23. The van der Waals surface area contributed by atoms with E-state index in [4.69, 9.17) is 10.8 Å². The third kappa shape index (κ3) is 2.79. The molecule has 0 amide bonds. The summed E-state index contributed by atoms with van der Waals surface area (Å²) in [6.45, 7) is 0. The van der Waals surface area contributed by atoms with E-state index < -0.39 is 17.2 Å². The van der Waals surface area contributed by atoms with E-state index in [2.05, 4.69) is 0 Å². The minimum absolute atomic E-state index is 0.0727. The molecule has 2 aromatic heterocycles. The van der Waals surface area contributed by atoms with Crippen molar-refractivity contribution in [3.05, 3.63) is 56.9 Å². The lowest BCUT2D eigenvalue weighted by molar-refractivity contribution is -0.137. The van der Waals surface area contributed by atoms with Gasteiger partial charge in [-0.1, -0.05) is 18.2 Å². The van der Waals surface area contributed by atoms with Crippen molar-refractivity contribution < 1.29 is 9.90 Å². The predicted molar refractivity (Wildman–Crippen MR) is 98.7 cm³/mol. The molecule has 2 heterocycles. The molecule has 136 valence electrons. The minimum atomic E-state index is -0.843. The summed E-state index contributed by atoms with van der Waals surface area (Å²) in [5.41, 5.74) is 7.01. The minimum Gasteiger partial charge on any atom is -0.481 e. The van der Waals surface area contributed by atoms with Crippen molar-refractivity contribution in [1.29, 1.82) is 0 Å². The van der Waals surface area contributed by atoms with Crippen molar-refractivity contribution in [2.75, 3.05) is 5.73 Å².